The fraction of sp³-hybridized carbons (Fsp3) is 0. The number of carbonyl (C=O) groups excluding carboxylic acids is 2. The van der Waals surface area contributed by atoms with Gasteiger partial charge in [-0.3, -0.25) is 14.7 Å². The summed E-state index contributed by atoms with van der Waals surface area (Å²) < 4.78 is 17.7. The number of urea groups is 1. The van der Waals surface area contributed by atoms with Crippen molar-refractivity contribution < 1.29 is 18.7 Å². The molecular formula is C14H11N2O4P. The summed E-state index contributed by atoms with van der Waals surface area (Å²) in [6.07, 6.45) is 0. The Kier molecular flexibility index (Phi) is 3.23. The number of amides is 3. The van der Waals surface area contributed by atoms with Gasteiger partial charge >= 0.3 is 6.03 Å². The number of hydrogen-bond acceptors (Lipinski definition) is 4. The van der Waals surface area contributed by atoms with Gasteiger partial charge in [-0.2, -0.15) is 0 Å². The number of nitrogens with two attached hydrogens (primary N) is 1. The lowest BCUT2D eigenvalue weighted by Gasteiger charge is -2.22. The summed E-state index contributed by atoms with van der Waals surface area (Å²) in [4.78, 5) is 22.8. The number of nitrogens with one attached hydrogen (secondary N) is 1. The Bertz CT molecular complexity index is 788. The summed E-state index contributed by atoms with van der Waals surface area (Å²) in [6.45, 7) is 0. The monoisotopic (exact) mass is 302 g/mol. The molecule has 7 heteroatoms. The summed E-state index contributed by atoms with van der Waals surface area (Å²) >= 11 is 0. The summed E-state index contributed by atoms with van der Waals surface area (Å²) in [5, 5.41) is 2.28. The van der Waals surface area contributed by atoms with Crippen LogP contribution in [-0.4, -0.2) is 11.9 Å². The van der Waals surface area contributed by atoms with E-state index in [-0.39, 0.29) is 5.56 Å². The number of fused-ring (bicyclic) bond motifs is 3. The van der Waals surface area contributed by atoms with Crippen molar-refractivity contribution in [1.82, 2.24) is 5.32 Å². The molecule has 3 N–H and O–H groups in total. The Hall–Kier alpha value is -2.59. The highest BCUT2D eigenvalue weighted by molar-refractivity contribution is 7.49. The minimum atomic E-state index is -2.63. The summed E-state index contributed by atoms with van der Waals surface area (Å²) in [5.74, 6) is -0.179. The van der Waals surface area contributed by atoms with Gasteiger partial charge in [0.15, 0.2) is 0 Å². The van der Waals surface area contributed by atoms with Gasteiger partial charge in [0.1, 0.15) is 5.75 Å². The number of para-hydroxylation sites is 1. The molecule has 0 spiro atoms. The van der Waals surface area contributed by atoms with Crippen molar-refractivity contribution in [3.05, 3.63) is 48.0 Å². The van der Waals surface area contributed by atoms with E-state index in [0.29, 0.717) is 16.6 Å². The molecule has 1 aliphatic rings. The van der Waals surface area contributed by atoms with Crippen LogP contribution in [0, 0.1) is 0 Å². The highest BCUT2D eigenvalue weighted by Crippen LogP contribution is 2.43. The molecule has 1 atom stereocenters. The van der Waals surface area contributed by atoms with Gasteiger partial charge in [0.2, 0.25) is 0 Å². The van der Waals surface area contributed by atoms with Crippen LogP contribution < -0.4 is 20.9 Å². The molecule has 0 radical (unpaired) electrons. The molecule has 0 bridgehead atoms. The molecule has 0 fully saturated rings. The first-order valence-corrected chi connectivity index (χ1v) is 7.45. The number of hydrogen-bond donors (Lipinski definition) is 2. The maximum absolute atomic E-state index is 12.3. The van der Waals surface area contributed by atoms with Gasteiger partial charge in [-0.15, -0.1) is 0 Å². The van der Waals surface area contributed by atoms with E-state index in [0.717, 1.165) is 5.56 Å². The maximum Gasteiger partial charge on any atom is 0.319 e. The molecule has 106 valence electrons. The molecule has 3 amide bonds. The SMILES string of the molecule is NC(=O)NC(=O)c1cccc2c1[PH](=O)Oc1ccccc1-2. The molecule has 21 heavy (non-hydrogen) atoms. The zero-order valence-corrected chi connectivity index (χ0v) is 11.8. The van der Waals surface area contributed by atoms with Crippen molar-refractivity contribution in [2.24, 2.45) is 5.73 Å². The minimum Gasteiger partial charge on any atom is -0.441 e. The first-order valence-electron chi connectivity index (χ1n) is 6.13. The van der Waals surface area contributed by atoms with E-state index in [2.05, 4.69) is 0 Å². The number of rotatable bonds is 1. The molecule has 6 nitrogen and oxygen atoms in total. The average Bonchev–Trinajstić information content (AvgIpc) is 2.46. The number of primary amides is 1. The third kappa shape index (κ3) is 2.30. The van der Waals surface area contributed by atoms with Crippen molar-refractivity contribution in [2.75, 3.05) is 0 Å². The second kappa shape index (κ2) is 5.07. The first kappa shape index (κ1) is 13.4. The van der Waals surface area contributed by atoms with Gasteiger partial charge < -0.3 is 10.3 Å². The summed E-state index contributed by atoms with van der Waals surface area (Å²) in [7, 11) is -2.63. The van der Waals surface area contributed by atoms with E-state index in [1.165, 1.54) is 6.07 Å². The fourth-order valence-electron chi connectivity index (χ4n) is 2.29. The molecular weight excluding hydrogens is 291 g/mol. The lowest BCUT2D eigenvalue weighted by atomic mass is 10.0. The van der Waals surface area contributed by atoms with Gasteiger partial charge in [0.25, 0.3) is 13.9 Å². The molecule has 0 aliphatic carbocycles. The second-order valence-electron chi connectivity index (χ2n) is 4.43. The molecule has 1 heterocycles. The standard InChI is InChI=1S/C14H11N2O4P/c15-14(18)16-13(17)10-6-3-5-9-8-4-1-2-7-11(8)20-21(19)12(9)10/h1-7,21H,(H3,15,16,17,18). The number of imide groups is 1. The average molecular weight is 302 g/mol. The van der Waals surface area contributed by atoms with Crippen LogP contribution in [0.1, 0.15) is 10.4 Å². The Labute approximate surface area is 120 Å². The van der Waals surface area contributed by atoms with E-state index in [4.69, 9.17) is 10.3 Å². The van der Waals surface area contributed by atoms with E-state index in [1.54, 1.807) is 24.3 Å². The van der Waals surface area contributed by atoms with Gasteiger partial charge in [-0.1, -0.05) is 30.3 Å². The third-order valence-electron chi connectivity index (χ3n) is 3.13. The van der Waals surface area contributed by atoms with E-state index < -0.39 is 20.0 Å². The van der Waals surface area contributed by atoms with Gasteiger partial charge in [-0.25, -0.2) is 4.79 Å². The number of benzene rings is 2. The van der Waals surface area contributed by atoms with Crippen molar-refractivity contribution in [2.45, 2.75) is 0 Å². The van der Waals surface area contributed by atoms with Crippen molar-refractivity contribution in [3.63, 3.8) is 0 Å². The van der Waals surface area contributed by atoms with Crippen molar-refractivity contribution in [1.29, 1.82) is 0 Å². The van der Waals surface area contributed by atoms with Crippen LogP contribution >= 0.6 is 8.03 Å². The van der Waals surface area contributed by atoms with Crippen LogP contribution in [0.2, 0.25) is 0 Å². The zero-order valence-electron chi connectivity index (χ0n) is 10.8. The third-order valence-corrected chi connectivity index (χ3v) is 4.48. The quantitative estimate of drug-likeness (QED) is 0.782. The van der Waals surface area contributed by atoms with Gasteiger partial charge in [0.05, 0.1) is 10.9 Å². The lowest BCUT2D eigenvalue weighted by molar-refractivity contribution is 0.0967. The second-order valence-corrected chi connectivity index (χ2v) is 5.71. The molecule has 2 aromatic carbocycles. The van der Waals surface area contributed by atoms with Crippen LogP contribution in [-0.2, 0) is 4.57 Å². The fourth-order valence-corrected chi connectivity index (χ4v) is 3.63. The molecule has 1 aliphatic heterocycles. The smallest absolute Gasteiger partial charge is 0.319 e. The Morgan fingerprint density at radius 3 is 2.52 bits per heavy atom. The van der Waals surface area contributed by atoms with Gasteiger partial charge in [-0.05, 0) is 17.7 Å². The Morgan fingerprint density at radius 2 is 1.76 bits per heavy atom. The van der Waals surface area contributed by atoms with Crippen LogP contribution in [0.15, 0.2) is 42.5 Å². The van der Waals surface area contributed by atoms with Crippen LogP contribution in [0.25, 0.3) is 11.1 Å². The highest BCUT2D eigenvalue weighted by Gasteiger charge is 2.27. The predicted octanol–water partition coefficient (Wildman–Crippen LogP) is 1.65. The Balaban J connectivity index is 2.19. The molecule has 0 saturated heterocycles. The molecule has 3 rings (SSSR count). The minimum absolute atomic E-state index is 0.129. The largest absolute Gasteiger partial charge is 0.441 e. The highest BCUT2D eigenvalue weighted by atomic mass is 31.1. The summed E-state index contributed by atoms with van der Waals surface area (Å²) in [5.41, 5.74) is 6.50. The normalized spacial score (nSPS) is 15.3. The Morgan fingerprint density at radius 1 is 1.05 bits per heavy atom. The van der Waals surface area contributed by atoms with E-state index >= 15 is 0 Å². The molecule has 0 aromatic heterocycles. The lowest BCUT2D eigenvalue weighted by Crippen LogP contribution is -2.37. The predicted molar refractivity (Wildman–Crippen MR) is 78.2 cm³/mol. The van der Waals surface area contributed by atoms with Gasteiger partial charge in [0, 0.05) is 5.56 Å². The van der Waals surface area contributed by atoms with Crippen LogP contribution in [0.5, 0.6) is 5.75 Å². The number of carbonyl (C=O) groups is 2. The maximum atomic E-state index is 12.3. The van der Waals surface area contributed by atoms with E-state index in [9.17, 15) is 14.2 Å². The first-order chi connectivity index (χ1) is 10.1. The zero-order chi connectivity index (χ0) is 15.0. The van der Waals surface area contributed by atoms with Crippen LogP contribution in [0.3, 0.4) is 0 Å². The van der Waals surface area contributed by atoms with Crippen molar-refractivity contribution in [3.8, 4) is 16.9 Å². The van der Waals surface area contributed by atoms with E-state index in [1.807, 2.05) is 17.4 Å². The van der Waals surface area contributed by atoms with Crippen LogP contribution in [0.4, 0.5) is 4.79 Å². The molecule has 2 aromatic rings. The molecule has 1 unspecified atom stereocenters. The molecule has 0 saturated carbocycles. The summed E-state index contributed by atoms with van der Waals surface area (Å²) in [6, 6.07) is 11.1. The van der Waals surface area contributed by atoms with Crippen molar-refractivity contribution >= 4 is 25.3 Å². The topological polar surface area (TPSA) is 98.5 Å².